The van der Waals surface area contributed by atoms with E-state index in [1.165, 1.54) is 16.9 Å². The maximum atomic E-state index is 12.5. The molecule has 0 spiro atoms. The van der Waals surface area contributed by atoms with E-state index in [9.17, 15) is 4.79 Å². The van der Waals surface area contributed by atoms with E-state index in [2.05, 4.69) is 36.5 Å². The molecule has 0 aliphatic heterocycles. The lowest BCUT2D eigenvalue weighted by atomic mass is 10.1. The Hall–Kier alpha value is -2.44. The van der Waals surface area contributed by atoms with Gasteiger partial charge in [0, 0.05) is 31.7 Å². The molecule has 0 unspecified atom stereocenters. The largest absolute Gasteiger partial charge is 0.378 e. The third kappa shape index (κ3) is 4.84. The van der Waals surface area contributed by atoms with Gasteiger partial charge < -0.3 is 14.8 Å². The van der Waals surface area contributed by atoms with E-state index in [0.717, 1.165) is 22.5 Å². The summed E-state index contributed by atoms with van der Waals surface area (Å²) in [6.07, 6.45) is 0. The molecule has 0 radical (unpaired) electrons. The van der Waals surface area contributed by atoms with Gasteiger partial charge in [-0.2, -0.15) is 0 Å². The average Bonchev–Trinajstić information content (AvgIpc) is 3.01. The average molecular weight is 398 g/mol. The van der Waals surface area contributed by atoms with Crippen molar-refractivity contribution in [1.82, 2.24) is 9.88 Å². The molecule has 2 aromatic carbocycles. The van der Waals surface area contributed by atoms with Crippen molar-refractivity contribution in [3.63, 3.8) is 0 Å². The van der Waals surface area contributed by atoms with Gasteiger partial charge in [-0.15, -0.1) is 11.3 Å². The molecule has 0 aliphatic carbocycles. The van der Waals surface area contributed by atoms with Crippen molar-refractivity contribution < 1.29 is 4.79 Å². The standard InChI is InChI=1S/C21H23N3OS2/c1-15-4-8-17(9-5-15)19-14-27-21(26)24(19)13-20(25)22-12-16-6-10-18(11-7-16)23(2)3/h4-11,14H,12-13H2,1-3H3,(H,22,25). The fourth-order valence-corrected chi connectivity index (χ4v) is 3.81. The van der Waals surface area contributed by atoms with Crippen LogP contribution in [0.5, 0.6) is 0 Å². The van der Waals surface area contributed by atoms with Gasteiger partial charge in [0.05, 0.1) is 5.69 Å². The first-order chi connectivity index (χ1) is 12.9. The van der Waals surface area contributed by atoms with Crippen LogP contribution in [0.1, 0.15) is 11.1 Å². The first kappa shape index (κ1) is 19.3. The number of nitrogens with one attached hydrogen (secondary N) is 1. The fourth-order valence-electron chi connectivity index (χ4n) is 2.74. The highest BCUT2D eigenvalue weighted by atomic mass is 32.1. The SMILES string of the molecule is Cc1ccc(-c2csc(=S)n2CC(=O)NCc2ccc(N(C)C)cc2)cc1. The normalized spacial score (nSPS) is 10.6. The Balaban J connectivity index is 1.67. The number of hydrogen-bond donors (Lipinski definition) is 1. The van der Waals surface area contributed by atoms with Crippen molar-refractivity contribution in [2.24, 2.45) is 0 Å². The highest BCUT2D eigenvalue weighted by Gasteiger charge is 2.11. The number of benzene rings is 2. The topological polar surface area (TPSA) is 37.3 Å². The maximum Gasteiger partial charge on any atom is 0.240 e. The van der Waals surface area contributed by atoms with Crippen molar-refractivity contribution in [3.8, 4) is 11.3 Å². The molecule has 6 heteroatoms. The molecule has 4 nitrogen and oxygen atoms in total. The molecule has 27 heavy (non-hydrogen) atoms. The fraction of sp³-hybridized carbons (Fsp3) is 0.238. The number of hydrogen-bond acceptors (Lipinski definition) is 4. The number of thiazole rings is 1. The van der Waals surface area contributed by atoms with Gasteiger partial charge in [-0.05, 0) is 42.4 Å². The quantitative estimate of drug-likeness (QED) is 0.616. The van der Waals surface area contributed by atoms with Gasteiger partial charge in [-0.25, -0.2) is 0 Å². The first-order valence-electron chi connectivity index (χ1n) is 8.72. The summed E-state index contributed by atoms with van der Waals surface area (Å²) in [5.41, 5.74) is 5.46. The Bertz CT molecular complexity index is 970. The second kappa shape index (κ2) is 8.50. The van der Waals surface area contributed by atoms with E-state index >= 15 is 0 Å². The molecule has 140 valence electrons. The van der Waals surface area contributed by atoms with Crippen LogP contribution in [0, 0.1) is 10.9 Å². The molecule has 1 heterocycles. The summed E-state index contributed by atoms with van der Waals surface area (Å²) in [7, 11) is 4.01. The highest BCUT2D eigenvalue weighted by molar-refractivity contribution is 7.73. The smallest absolute Gasteiger partial charge is 0.240 e. The Morgan fingerprint density at radius 2 is 1.78 bits per heavy atom. The number of anilines is 1. The van der Waals surface area contributed by atoms with Crippen LogP contribution in [0.15, 0.2) is 53.9 Å². The van der Waals surface area contributed by atoms with Crippen LogP contribution >= 0.6 is 23.6 Å². The van der Waals surface area contributed by atoms with Gasteiger partial charge in [-0.1, -0.05) is 42.0 Å². The maximum absolute atomic E-state index is 12.5. The minimum absolute atomic E-state index is 0.0467. The summed E-state index contributed by atoms with van der Waals surface area (Å²) in [5.74, 6) is -0.0467. The number of rotatable bonds is 6. The number of carbonyl (C=O) groups is 1. The van der Waals surface area contributed by atoms with Gasteiger partial charge in [0.2, 0.25) is 5.91 Å². The molecule has 1 amide bonds. The molecule has 0 atom stereocenters. The zero-order chi connectivity index (χ0) is 19.4. The number of aromatic nitrogens is 1. The molecule has 0 bridgehead atoms. The predicted molar refractivity (Wildman–Crippen MR) is 116 cm³/mol. The van der Waals surface area contributed by atoms with E-state index in [-0.39, 0.29) is 12.5 Å². The highest BCUT2D eigenvalue weighted by Crippen LogP contribution is 2.24. The van der Waals surface area contributed by atoms with Gasteiger partial charge >= 0.3 is 0 Å². The van der Waals surface area contributed by atoms with Crippen LogP contribution in [-0.2, 0) is 17.9 Å². The van der Waals surface area contributed by atoms with Crippen LogP contribution in [0.2, 0.25) is 0 Å². The monoisotopic (exact) mass is 397 g/mol. The summed E-state index contributed by atoms with van der Waals surface area (Å²) in [5, 5.41) is 5.00. The van der Waals surface area contributed by atoms with E-state index < -0.39 is 0 Å². The zero-order valence-corrected chi connectivity index (χ0v) is 17.4. The van der Waals surface area contributed by atoms with Crippen LogP contribution in [0.4, 0.5) is 5.69 Å². The van der Waals surface area contributed by atoms with Crippen LogP contribution in [0.25, 0.3) is 11.3 Å². The number of nitrogens with zero attached hydrogens (tertiary/aromatic N) is 2. The summed E-state index contributed by atoms with van der Waals surface area (Å²) in [6.45, 7) is 2.79. The summed E-state index contributed by atoms with van der Waals surface area (Å²) >= 11 is 6.91. The van der Waals surface area contributed by atoms with Crippen LogP contribution < -0.4 is 10.2 Å². The number of amides is 1. The third-order valence-corrected chi connectivity index (χ3v) is 5.65. The molecular formula is C21H23N3OS2. The summed E-state index contributed by atoms with van der Waals surface area (Å²) in [4.78, 5) is 14.5. The second-order valence-corrected chi connectivity index (χ2v) is 8.18. The Morgan fingerprint density at radius 3 is 2.41 bits per heavy atom. The molecule has 3 rings (SSSR count). The first-order valence-corrected chi connectivity index (χ1v) is 10.0. The van der Waals surface area contributed by atoms with Gasteiger partial charge in [0.1, 0.15) is 6.54 Å². The second-order valence-electron chi connectivity index (χ2n) is 6.68. The predicted octanol–water partition coefficient (Wildman–Crippen LogP) is 4.64. The molecule has 3 aromatic rings. The van der Waals surface area contributed by atoms with Gasteiger partial charge in [0.25, 0.3) is 0 Å². The molecule has 0 fully saturated rings. The van der Waals surface area contributed by atoms with Crippen molar-refractivity contribution >= 4 is 35.1 Å². The molecule has 0 aliphatic rings. The zero-order valence-electron chi connectivity index (χ0n) is 15.7. The van der Waals surface area contributed by atoms with Crippen molar-refractivity contribution in [2.45, 2.75) is 20.0 Å². The van der Waals surface area contributed by atoms with Gasteiger partial charge in [-0.3, -0.25) is 4.79 Å². The molecule has 1 aromatic heterocycles. The third-order valence-electron chi connectivity index (χ3n) is 4.37. The lowest BCUT2D eigenvalue weighted by Crippen LogP contribution is -2.27. The van der Waals surface area contributed by atoms with E-state index in [1.54, 1.807) is 0 Å². The lowest BCUT2D eigenvalue weighted by Gasteiger charge is -2.13. The minimum Gasteiger partial charge on any atom is -0.378 e. The minimum atomic E-state index is -0.0467. The van der Waals surface area contributed by atoms with Gasteiger partial charge in [0.15, 0.2) is 3.95 Å². The van der Waals surface area contributed by atoms with Crippen LogP contribution in [0.3, 0.4) is 0 Å². The summed E-state index contributed by atoms with van der Waals surface area (Å²) in [6, 6.07) is 16.4. The molecule has 0 saturated carbocycles. The Kier molecular flexibility index (Phi) is 6.08. The molecular weight excluding hydrogens is 374 g/mol. The Labute approximate surface area is 169 Å². The summed E-state index contributed by atoms with van der Waals surface area (Å²) < 4.78 is 2.60. The van der Waals surface area contributed by atoms with Crippen molar-refractivity contribution in [3.05, 3.63) is 69.0 Å². The van der Waals surface area contributed by atoms with E-state index in [1.807, 2.05) is 53.2 Å². The molecule has 0 saturated heterocycles. The Morgan fingerprint density at radius 1 is 1.11 bits per heavy atom. The van der Waals surface area contributed by atoms with Crippen molar-refractivity contribution in [2.75, 3.05) is 19.0 Å². The lowest BCUT2D eigenvalue weighted by molar-refractivity contribution is -0.121. The van der Waals surface area contributed by atoms with Crippen molar-refractivity contribution in [1.29, 1.82) is 0 Å². The van der Waals surface area contributed by atoms with Crippen LogP contribution in [-0.4, -0.2) is 24.6 Å². The number of aryl methyl sites for hydroxylation is 1. The number of carbonyl (C=O) groups excluding carboxylic acids is 1. The van der Waals surface area contributed by atoms with E-state index in [0.29, 0.717) is 10.5 Å². The van der Waals surface area contributed by atoms with E-state index in [4.69, 9.17) is 12.2 Å². The molecule has 1 N–H and O–H groups in total.